The lowest BCUT2D eigenvalue weighted by Gasteiger charge is -2.08. The molecule has 0 saturated heterocycles. The van der Waals surface area contributed by atoms with Crippen LogP contribution in [-0.4, -0.2) is 23.7 Å². The van der Waals surface area contributed by atoms with Crippen LogP contribution in [0.1, 0.15) is 18.9 Å². The molecule has 2 N–H and O–H groups in total. The van der Waals surface area contributed by atoms with E-state index < -0.39 is 23.5 Å². The van der Waals surface area contributed by atoms with Crippen LogP contribution in [-0.2, 0) is 11.2 Å². The minimum absolute atomic E-state index is 0.0478. The van der Waals surface area contributed by atoms with Crippen molar-refractivity contribution in [1.82, 2.24) is 10.3 Å². The molecule has 3 aromatic rings. The normalized spacial score (nSPS) is 18.3. The number of carbonyl (C=O) groups excluding carboxylic acids is 1. The maximum absolute atomic E-state index is 14.2. The molecule has 28 heavy (non-hydrogen) atoms. The summed E-state index contributed by atoms with van der Waals surface area (Å²) in [5.41, 5.74) is 1.93. The van der Waals surface area contributed by atoms with E-state index in [1.807, 2.05) is 6.92 Å². The first-order valence-corrected chi connectivity index (χ1v) is 9.11. The Morgan fingerprint density at radius 2 is 1.89 bits per heavy atom. The fourth-order valence-electron chi connectivity index (χ4n) is 3.36. The number of carbonyl (C=O) groups is 1. The fraction of sp³-hybridized carbons (Fsp3) is 0.286. The average Bonchev–Trinajstić information content (AvgIpc) is 3.20. The fourth-order valence-corrected chi connectivity index (χ4v) is 3.36. The maximum Gasteiger partial charge on any atom is 0.407 e. The number of H-pyrrole nitrogens is 1. The molecule has 1 aliphatic rings. The Bertz CT molecular complexity index is 1030. The lowest BCUT2D eigenvalue weighted by Crippen LogP contribution is -2.27. The minimum Gasteiger partial charge on any atom is -0.449 e. The summed E-state index contributed by atoms with van der Waals surface area (Å²) in [6.45, 7) is 2.08. The van der Waals surface area contributed by atoms with Gasteiger partial charge in [-0.1, -0.05) is 6.92 Å². The van der Waals surface area contributed by atoms with Crippen molar-refractivity contribution in [3.8, 4) is 11.3 Å². The molecule has 1 heterocycles. The molecule has 2 aromatic carbocycles. The first-order valence-electron chi connectivity index (χ1n) is 9.11. The van der Waals surface area contributed by atoms with Crippen molar-refractivity contribution in [2.24, 2.45) is 5.92 Å². The van der Waals surface area contributed by atoms with Crippen LogP contribution >= 0.6 is 0 Å². The van der Waals surface area contributed by atoms with E-state index in [1.165, 1.54) is 18.2 Å². The quantitative estimate of drug-likeness (QED) is 0.651. The van der Waals surface area contributed by atoms with Crippen molar-refractivity contribution in [2.45, 2.75) is 25.8 Å². The highest BCUT2D eigenvalue weighted by atomic mass is 19.1. The Hall–Kier alpha value is -2.96. The van der Waals surface area contributed by atoms with Crippen LogP contribution in [0.2, 0.25) is 0 Å². The lowest BCUT2D eigenvalue weighted by molar-refractivity contribution is 0.146. The van der Waals surface area contributed by atoms with Crippen LogP contribution < -0.4 is 5.32 Å². The zero-order valence-corrected chi connectivity index (χ0v) is 15.2. The third kappa shape index (κ3) is 3.69. The van der Waals surface area contributed by atoms with Crippen molar-refractivity contribution in [2.75, 3.05) is 6.61 Å². The number of ether oxygens (including phenoxy) is 1. The number of amides is 1. The molecular weight excluding hydrogens is 369 g/mol. The van der Waals surface area contributed by atoms with Gasteiger partial charge in [-0.25, -0.2) is 18.0 Å². The summed E-state index contributed by atoms with van der Waals surface area (Å²) in [6, 6.07) is 7.89. The number of rotatable bonds is 5. The monoisotopic (exact) mass is 388 g/mol. The molecule has 7 heteroatoms. The predicted octanol–water partition coefficient (Wildman–Crippen LogP) is 4.93. The van der Waals surface area contributed by atoms with Crippen molar-refractivity contribution >= 4 is 17.0 Å². The zero-order valence-electron chi connectivity index (χ0n) is 15.2. The first kappa shape index (κ1) is 18.4. The second-order valence-electron chi connectivity index (χ2n) is 7.15. The highest BCUT2D eigenvalue weighted by Crippen LogP contribution is 2.33. The minimum atomic E-state index is -0.717. The van der Waals surface area contributed by atoms with Gasteiger partial charge in [0.1, 0.15) is 17.5 Å². The standard InChI is InChI=1S/C21H19F3N2O2/c1-11-8-18(11)25-21(27)28-7-6-15-16-9-14(23)10-17(24)20(16)26-19(15)12-2-4-13(22)5-3-12/h2-5,9-11,18,26H,6-8H2,1H3,(H,25,27). The maximum atomic E-state index is 14.2. The van der Waals surface area contributed by atoms with E-state index in [2.05, 4.69) is 10.3 Å². The Morgan fingerprint density at radius 1 is 1.18 bits per heavy atom. The summed E-state index contributed by atoms with van der Waals surface area (Å²) in [7, 11) is 0. The van der Waals surface area contributed by atoms with Gasteiger partial charge in [-0.15, -0.1) is 0 Å². The molecule has 1 aliphatic carbocycles. The SMILES string of the molecule is CC1CC1NC(=O)OCCc1c(-c2ccc(F)cc2)[nH]c2c(F)cc(F)cc12. The van der Waals surface area contributed by atoms with Crippen LogP contribution in [0.5, 0.6) is 0 Å². The zero-order chi connectivity index (χ0) is 19.8. The summed E-state index contributed by atoms with van der Waals surface area (Å²) in [5.74, 6) is -1.35. The molecule has 4 nitrogen and oxygen atoms in total. The van der Waals surface area contributed by atoms with Gasteiger partial charge in [0.2, 0.25) is 0 Å². The van der Waals surface area contributed by atoms with Crippen molar-refractivity contribution in [3.05, 3.63) is 59.4 Å². The molecule has 4 rings (SSSR count). The number of alkyl carbamates (subject to hydrolysis) is 1. The van der Waals surface area contributed by atoms with Crippen LogP contribution in [0.3, 0.4) is 0 Å². The van der Waals surface area contributed by atoms with E-state index in [0.29, 0.717) is 28.1 Å². The van der Waals surface area contributed by atoms with Crippen LogP contribution in [0.25, 0.3) is 22.2 Å². The molecule has 0 bridgehead atoms. The van der Waals surface area contributed by atoms with Gasteiger partial charge in [-0.3, -0.25) is 0 Å². The topological polar surface area (TPSA) is 54.1 Å². The van der Waals surface area contributed by atoms with Crippen LogP contribution in [0.15, 0.2) is 36.4 Å². The number of nitrogens with one attached hydrogen (secondary N) is 2. The second-order valence-corrected chi connectivity index (χ2v) is 7.15. The van der Waals surface area contributed by atoms with Gasteiger partial charge in [0.25, 0.3) is 0 Å². The van der Waals surface area contributed by atoms with E-state index in [0.717, 1.165) is 12.5 Å². The highest BCUT2D eigenvalue weighted by molar-refractivity contribution is 5.91. The van der Waals surface area contributed by atoms with Crippen molar-refractivity contribution < 1.29 is 22.7 Å². The van der Waals surface area contributed by atoms with E-state index in [4.69, 9.17) is 4.74 Å². The molecule has 1 amide bonds. The molecule has 0 aliphatic heterocycles. The molecule has 1 saturated carbocycles. The molecule has 0 spiro atoms. The molecule has 1 fully saturated rings. The third-order valence-corrected chi connectivity index (χ3v) is 5.06. The molecule has 2 atom stereocenters. The first-order chi connectivity index (χ1) is 13.4. The summed E-state index contributed by atoms with van der Waals surface area (Å²) in [5, 5.41) is 3.13. The van der Waals surface area contributed by atoms with Gasteiger partial charge < -0.3 is 15.0 Å². The van der Waals surface area contributed by atoms with Gasteiger partial charge in [-0.2, -0.15) is 0 Å². The Labute approximate surface area is 159 Å². The average molecular weight is 388 g/mol. The molecule has 2 unspecified atom stereocenters. The number of aromatic amines is 1. The van der Waals surface area contributed by atoms with Gasteiger partial charge in [-0.05, 0) is 53.8 Å². The van der Waals surface area contributed by atoms with Gasteiger partial charge in [0.05, 0.1) is 12.1 Å². The van der Waals surface area contributed by atoms with Crippen LogP contribution in [0, 0.1) is 23.4 Å². The second kappa shape index (κ2) is 7.22. The summed E-state index contributed by atoms with van der Waals surface area (Å²) in [4.78, 5) is 14.8. The Morgan fingerprint density at radius 3 is 2.57 bits per heavy atom. The van der Waals surface area contributed by atoms with Crippen molar-refractivity contribution in [3.63, 3.8) is 0 Å². The Kier molecular flexibility index (Phi) is 4.75. The van der Waals surface area contributed by atoms with Gasteiger partial charge in [0.15, 0.2) is 0 Å². The van der Waals surface area contributed by atoms with Gasteiger partial charge in [0, 0.05) is 29.6 Å². The number of hydrogen-bond donors (Lipinski definition) is 2. The Balaban J connectivity index is 1.61. The number of halogens is 3. The van der Waals surface area contributed by atoms with Gasteiger partial charge >= 0.3 is 6.09 Å². The lowest BCUT2D eigenvalue weighted by atomic mass is 10.0. The number of fused-ring (bicyclic) bond motifs is 1. The van der Waals surface area contributed by atoms with E-state index in [1.54, 1.807) is 12.1 Å². The van der Waals surface area contributed by atoms with Crippen LogP contribution in [0.4, 0.5) is 18.0 Å². The third-order valence-electron chi connectivity index (χ3n) is 5.06. The molecule has 1 aromatic heterocycles. The highest BCUT2D eigenvalue weighted by Gasteiger charge is 2.34. The molecular formula is C21H19F3N2O2. The summed E-state index contributed by atoms with van der Waals surface area (Å²) in [6.07, 6.45) is 0.684. The van der Waals surface area contributed by atoms with Crippen molar-refractivity contribution in [1.29, 1.82) is 0 Å². The number of aromatic nitrogens is 1. The largest absolute Gasteiger partial charge is 0.449 e. The summed E-state index contributed by atoms with van der Waals surface area (Å²) >= 11 is 0. The smallest absolute Gasteiger partial charge is 0.407 e. The summed E-state index contributed by atoms with van der Waals surface area (Å²) < 4.78 is 46.5. The molecule has 146 valence electrons. The van der Waals surface area contributed by atoms with E-state index in [9.17, 15) is 18.0 Å². The predicted molar refractivity (Wildman–Crippen MR) is 99.4 cm³/mol. The number of benzene rings is 2. The number of hydrogen-bond acceptors (Lipinski definition) is 2. The molecule has 0 radical (unpaired) electrons. The van der Waals surface area contributed by atoms with E-state index >= 15 is 0 Å². The van der Waals surface area contributed by atoms with E-state index in [-0.39, 0.29) is 24.6 Å².